The molecule has 1 fully saturated rings. The van der Waals surface area contributed by atoms with Crippen molar-refractivity contribution in [3.05, 3.63) is 0 Å². The summed E-state index contributed by atoms with van der Waals surface area (Å²) < 4.78 is 0. The molecule has 3 unspecified atom stereocenters. The highest BCUT2D eigenvalue weighted by atomic mass is 32.2. The lowest BCUT2D eigenvalue weighted by Gasteiger charge is -2.21. The first-order valence-corrected chi connectivity index (χ1v) is 7.37. The van der Waals surface area contributed by atoms with E-state index >= 15 is 0 Å². The highest BCUT2D eigenvalue weighted by molar-refractivity contribution is 8.00. The molecule has 18 heavy (non-hydrogen) atoms. The molecule has 0 bridgehead atoms. The molecule has 0 radical (unpaired) electrons. The summed E-state index contributed by atoms with van der Waals surface area (Å²) in [6.45, 7) is 3.68. The monoisotopic (exact) mass is 274 g/mol. The fourth-order valence-electron chi connectivity index (χ4n) is 1.89. The van der Waals surface area contributed by atoms with Gasteiger partial charge in [0.25, 0.3) is 0 Å². The molecule has 3 atom stereocenters. The maximum Gasteiger partial charge on any atom is 0.326 e. The summed E-state index contributed by atoms with van der Waals surface area (Å²) in [6, 6.07) is -1.47. The van der Waals surface area contributed by atoms with Gasteiger partial charge in [-0.3, -0.25) is 4.79 Å². The van der Waals surface area contributed by atoms with E-state index in [4.69, 9.17) is 10.8 Å². The molecule has 1 rings (SSSR count). The number of nitrogens with one attached hydrogen (secondary N) is 1. The maximum absolute atomic E-state index is 11.8. The highest BCUT2D eigenvalue weighted by Gasteiger charge is 2.28. The summed E-state index contributed by atoms with van der Waals surface area (Å²) in [6.07, 6.45) is 2.64. The van der Waals surface area contributed by atoms with Gasteiger partial charge in [0.05, 0.1) is 6.04 Å². The number of carbonyl (C=O) groups is 2. The Balaban J connectivity index is 2.51. The third-order valence-corrected chi connectivity index (χ3v) is 4.58. The van der Waals surface area contributed by atoms with Gasteiger partial charge in [-0.1, -0.05) is 13.8 Å². The minimum atomic E-state index is -0.980. The molecular formula is C12H22N2O3S. The SMILES string of the molecule is CC(C)C(N)C(=O)NC(CC1CCCS1)C(=O)O. The van der Waals surface area contributed by atoms with Crippen LogP contribution in [0.4, 0.5) is 0 Å². The summed E-state index contributed by atoms with van der Waals surface area (Å²) in [5.41, 5.74) is 5.71. The normalized spacial score (nSPS) is 22.8. The molecule has 1 aliphatic rings. The van der Waals surface area contributed by atoms with Crippen molar-refractivity contribution >= 4 is 23.6 Å². The fraction of sp³-hybridized carbons (Fsp3) is 0.833. The second-order valence-electron chi connectivity index (χ2n) is 5.04. The van der Waals surface area contributed by atoms with Gasteiger partial charge in [0.2, 0.25) is 5.91 Å². The van der Waals surface area contributed by atoms with Crippen LogP contribution in [0.2, 0.25) is 0 Å². The summed E-state index contributed by atoms with van der Waals surface area (Å²) in [4.78, 5) is 22.9. The van der Waals surface area contributed by atoms with Crippen LogP contribution in [-0.4, -0.2) is 40.1 Å². The van der Waals surface area contributed by atoms with Gasteiger partial charge in [-0.2, -0.15) is 11.8 Å². The number of carboxylic acids is 1. The number of thioether (sulfide) groups is 1. The summed E-state index contributed by atoms with van der Waals surface area (Å²) in [7, 11) is 0. The van der Waals surface area contributed by atoms with Gasteiger partial charge in [0.15, 0.2) is 0 Å². The third kappa shape index (κ3) is 4.49. The van der Waals surface area contributed by atoms with Crippen LogP contribution in [0.15, 0.2) is 0 Å². The Hall–Kier alpha value is -0.750. The number of carboxylic acid groups (broad SMARTS) is 1. The molecule has 1 aliphatic heterocycles. The van der Waals surface area contributed by atoms with Crippen molar-refractivity contribution in [2.24, 2.45) is 11.7 Å². The summed E-state index contributed by atoms with van der Waals surface area (Å²) in [5.74, 6) is -0.274. The molecule has 1 amide bonds. The molecule has 4 N–H and O–H groups in total. The van der Waals surface area contributed by atoms with Crippen LogP contribution in [-0.2, 0) is 9.59 Å². The number of aliphatic carboxylic acids is 1. The molecule has 1 saturated heterocycles. The molecule has 0 aromatic rings. The zero-order valence-corrected chi connectivity index (χ0v) is 11.7. The van der Waals surface area contributed by atoms with Gasteiger partial charge >= 0.3 is 5.97 Å². The minimum Gasteiger partial charge on any atom is -0.480 e. The number of nitrogens with two attached hydrogens (primary N) is 1. The third-order valence-electron chi connectivity index (χ3n) is 3.16. The van der Waals surface area contributed by atoms with E-state index in [0.717, 1.165) is 18.6 Å². The van der Waals surface area contributed by atoms with Gasteiger partial charge in [-0.25, -0.2) is 4.79 Å². The van der Waals surface area contributed by atoms with Gasteiger partial charge in [-0.05, 0) is 30.9 Å². The quantitative estimate of drug-likeness (QED) is 0.667. The first-order valence-electron chi connectivity index (χ1n) is 6.32. The number of carbonyl (C=O) groups excluding carboxylic acids is 1. The first kappa shape index (κ1) is 15.3. The van der Waals surface area contributed by atoms with Crippen molar-refractivity contribution in [1.82, 2.24) is 5.32 Å². The average Bonchev–Trinajstić information content (AvgIpc) is 2.79. The Morgan fingerprint density at radius 2 is 2.17 bits per heavy atom. The standard InChI is InChI=1S/C12H22N2O3S/c1-7(2)10(13)11(15)14-9(12(16)17)6-8-4-3-5-18-8/h7-10H,3-6,13H2,1-2H3,(H,14,15)(H,16,17). The number of rotatable bonds is 6. The van der Waals surface area contributed by atoms with Crippen molar-refractivity contribution in [2.45, 2.75) is 50.4 Å². The molecule has 6 heteroatoms. The zero-order valence-electron chi connectivity index (χ0n) is 10.9. The Bertz CT molecular complexity index is 304. The predicted octanol–water partition coefficient (Wildman–Crippen LogP) is 0.825. The van der Waals surface area contributed by atoms with E-state index < -0.39 is 18.1 Å². The predicted molar refractivity (Wildman–Crippen MR) is 72.5 cm³/mol. The Morgan fingerprint density at radius 3 is 2.61 bits per heavy atom. The van der Waals surface area contributed by atoms with Gasteiger partial charge < -0.3 is 16.2 Å². The molecule has 0 aliphatic carbocycles. The van der Waals surface area contributed by atoms with E-state index in [2.05, 4.69) is 5.32 Å². The molecule has 1 heterocycles. The van der Waals surface area contributed by atoms with Crippen molar-refractivity contribution in [3.8, 4) is 0 Å². The average molecular weight is 274 g/mol. The topological polar surface area (TPSA) is 92.4 Å². The Kier molecular flexibility index (Phi) is 5.95. The van der Waals surface area contributed by atoms with E-state index in [1.165, 1.54) is 0 Å². The Labute approximate surface area is 112 Å². The molecule has 0 aromatic heterocycles. The fourth-order valence-corrected chi connectivity index (χ4v) is 3.21. The maximum atomic E-state index is 11.8. The van der Waals surface area contributed by atoms with Crippen molar-refractivity contribution in [3.63, 3.8) is 0 Å². The van der Waals surface area contributed by atoms with Crippen LogP contribution in [0.5, 0.6) is 0 Å². The van der Waals surface area contributed by atoms with Crippen LogP contribution < -0.4 is 11.1 Å². The molecule has 5 nitrogen and oxygen atoms in total. The minimum absolute atomic E-state index is 0.000278. The van der Waals surface area contributed by atoms with Crippen LogP contribution >= 0.6 is 11.8 Å². The molecule has 0 spiro atoms. The number of hydrogen-bond acceptors (Lipinski definition) is 4. The number of hydrogen-bond donors (Lipinski definition) is 3. The zero-order chi connectivity index (χ0) is 13.7. The Morgan fingerprint density at radius 1 is 1.50 bits per heavy atom. The summed E-state index contributed by atoms with van der Waals surface area (Å²) >= 11 is 1.78. The molecule has 104 valence electrons. The van der Waals surface area contributed by atoms with Gasteiger partial charge in [0, 0.05) is 5.25 Å². The van der Waals surface area contributed by atoms with Crippen LogP contribution in [0.3, 0.4) is 0 Å². The number of amides is 1. The smallest absolute Gasteiger partial charge is 0.326 e. The second-order valence-corrected chi connectivity index (χ2v) is 6.45. The van der Waals surface area contributed by atoms with Crippen molar-refractivity contribution < 1.29 is 14.7 Å². The van der Waals surface area contributed by atoms with Crippen LogP contribution in [0.1, 0.15) is 33.1 Å². The van der Waals surface area contributed by atoms with Crippen molar-refractivity contribution in [2.75, 3.05) is 5.75 Å². The van der Waals surface area contributed by atoms with Gasteiger partial charge in [-0.15, -0.1) is 0 Å². The van der Waals surface area contributed by atoms with Gasteiger partial charge in [0.1, 0.15) is 6.04 Å². The summed E-state index contributed by atoms with van der Waals surface area (Å²) in [5, 5.41) is 12.0. The van der Waals surface area contributed by atoms with Crippen molar-refractivity contribution in [1.29, 1.82) is 0 Å². The largest absolute Gasteiger partial charge is 0.480 e. The lowest BCUT2D eigenvalue weighted by Crippen LogP contribution is -2.50. The van der Waals surface area contributed by atoms with Crippen LogP contribution in [0, 0.1) is 5.92 Å². The van der Waals surface area contributed by atoms with E-state index in [9.17, 15) is 9.59 Å². The molecule has 0 saturated carbocycles. The molecule has 0 aromatic carbocycles. The van der Waals surface area contributed by atoms with E-state index in [0.29, 0.717) is 11.7 Å². The lowest BCUT2D eigenvalue weighted by molar-refractivity contribution is -0.142. The van der Waals surface area contributed by atoms with E-state index in [-0.39, 0.29) is 11.8 Å². The molecular weight excluding hydrogens is 252 g/mol. The second kappa shape index (κ2) is 6.99. The highest BCUT2D eigenvalue weighted by Crippen LogP contribution is 2.29. The van der Waals surface area contributed by atoms with E-state index in [1.54, 1.807) is 11.8 Å². The van der Waals surface area contributed by atoms with E-state index in [1.807, 2.05) is 13.8 Å². The lowest BCUT2D eigenvalue weighted by atomic mass is 10.0. The van der Waals surface area contributed by atoms with Crippen LogP contribution in [0.25, 0.3) is 0 Å². The first-order chi connectivity index (χ1) is 8.41.